The molecule has 4 saturated carbocycles. The van der Waals surface area contributed by atoms with Crippen LogP contribution >= 0.6 is 0 Å². The van der Waals surface area contributed by atoms with Crippen LogP contribution in [0.25, 0.3) is 0 Å². The number of fused-ring (bicyclic) bond motifs is 7. The molecule has 8 aliphatic rings. The highest BCUT2D eigenvalue weighted by molar-refractivity contribution is 5.81. The van der Waals surface area contributed by atoms with Crippen molar-refractivity contribution >= 4 is 17.9 Å². The van der Waals surface area contributed by atoms with Gasteiger partial charge in [-0.05, 0) is 111 Å². The average Bonchev–Trinajstić information content (AvgIpc) is 3.29. The van der Waals surface area contributed by atoms with Gasteiger partial charge in [0.25, 0.3) is 0 Å². The van der Waals surface area contributed by atoms with Crippen molar-refractivity contribution in [3.8, 4) is 0 Å². The number of carbonyl (C=O) groups is 3. The summed E-state index contributed by atoms with van der Waals surface area (Å²) in [6.45, 7) is 11.9. The molecule has 0 radical (unpaired) electrons. The van der Waals surface area contributed by atoms with Gasteiger partial charge in [0.15, 0.2) is 18.7 Å². The van der Waals surface area contributed by atoms with E-state index in [1.807, 2.05) is 6.92 Å². The van der Waals surface area contributed by atoms with Gasteiger partial charge in [0, 0.05) is 0 Å². The predicted molar refractivity (Wildman–Crippen MR) is 231 cm³/mol. The maximum atomic E-state index is 14.8. The molecule has 386 valence electrons. The second kappa shape index (κ2) is 18.3. The molecule has 3 saturated heterocycles. The molecule has 7 fully saturated rings. The predicted octanol–water partition coefficient (Wildman–Crippen LogP) is 0.0250. The number of hydrogen-bond donors (Lipinski definition) is 10. The number of aliphatic hydroxyl groups is 9. The zero-order valence-corrected chi connectivity index (χ0v) is 40.0. The van der Waals surface area contributed by atoms with E-state index in [0.717, 1.165) is 18.4 Å². The standard InChI is InChI=1S/C48H74O20/c1-43(2)25-10-13-47(6)26(45(25,4)12-11-27(43)65-40-34(57)35(33(56)36(67-40)37(58)59)66-38-31(54)28(51)23(50)20-63-38)9-8-21-22-18-44(3,41(60)62-7)14-16-48(22,17-15-46(21,47)5)42(61)68-39-32(55)30(53)29(52)24(19-49)64-39/h8,22-36,38-40,49-57H,9-20H2,1-7H3,(H,58,59)/t22-,23-,24+,25-,26+,27-,28-,29+,30-,31+,32+,33-,34+,35-,36-,38-,39-,40+,44-,45-,46+,47+,48-/m0/s1. The van der Waals surface area contributed by atoms with E-state index in [1.54, 1.807) is 0 Å². The van der Waals surface area contributed by atoms with Gasteiger partial charge < -0.3 is 84.2 Å². The number of esters is 2. The lowest BCUT2D eigenvalue weighted by atomic mass is 9.33. The van der Waals surface area contributed by atoms with Crippen LogP contribution in [0, 0.1) is 50.2 Å². The SMILES string of the molecule is COC(=O)[C@@]1(C)CC[C@]2(C(=O)O[C@@H]3O[C@H](CO)[C@@H](O)[C@H](O)[C@H]3O)CC[C@]3(C)C(=CC[C@@H]4[C@@]5(C)CC[C@H](O[C@@H]6O[C@H](C(=O)O)[C@@H](O)[C@H](O[C@@H]7OC[C@H](O)[C@H](O)[C@H]7O)[C@H]6O)C(C)(C)[C@@H]5CC[C@]43C)[C@@H]2C1. The molecular formula is C48H74O20. The van der Waals surface area contributed by atoms with Crippen molar-refractivity contribution in [3.05, 3.63) is 11.6 Å². The van der Waals surface area contributed by atoms with E-state index < -0.39 is 145 Å². The Bertz CT molecular complexity index is 1950. The second-order valence-electron chi connectivity index (χ2n) is 22.9. The maximum absolute atomic E-state index is 14.8. The summed E-state index contributed by atoms with van der Waals surface area (Å²) in [5, 5.41) is 105. The topological polar surface area (TPSA) is 318 Å². The minimum atomic E-state index is -1.92. The fourth-order valence-electron chi connectivity index (χ4n) is 15.0. The van der Waals surface area contributed by atoms with Crippen LogP contribution in [0.3, 0.4) is 0 Å². The van der Waals surface area contributed by atoms with Crippen molar-refractivity contribution in [2.24, 2.45) is 50.2 Å². The third kappa shape index (κ3) is 7.90. The largest absolute Gasteiger partial charge is 0.479 e. The van der Waals surface area contributed by atoms with Crippen LogP contribution in [-0.2, 0) is 47.5 Å². The van der Waals surface area contributed by atoms with Crippen LogP contribution in [-0.4, -0.2) is 181 Å². The number of ether oxygens (including phenoxy) is 7. The molecule has 5 aliphatic carbocycles. The number of aliphatic hydroxyl groups excluding tert-OH is 9. The van der Waals surface area contributed by atoms with E-state index in [1.165, 1.54) is 7.11 Å². The third-order valence-corrected chi connectivity index (χ3v) is 19.3. The van der Waals surface area contributed by atoms with Gasteiger partial charge in [-0.25, -0.2) is 4.79 Å². The smallest absolute Gasteiger partial charge is 0.335 e. The molecule has 23 atom stereocenters. The molecule has 0 aromatic heterocycles. The van der Waals surface area contributed by atoms with Crippen molar-refractivity contribution in [3.63, 3.8) is 0 Å². The van der Waals surface area contributed by atoms with E-state index in [0.29, 0.717) is 44.9 Å². The van der Waals surface area contributed by atoms with Gasteiger partial charge in [-0.3, -0.25) is 9.59 Å². The fourth-order valence-corrected chi connectivity index (χ4v) is 15.0. The average molecular weight is 971 g/mol. The van der Waals surface area contributed by atoms with Crippen LogP contribution in [0.15, 0.2) is 11.6 Å². The summed E-state index contributed by atoms with van der Waals surface area (Å²) in [5.41, 5.74) is -2.55. The normalized spacial score (nSPS) is 52.2. The van der Waals surface area contributed by atoms with Gasteiger partial charge in [-0.15, -0.1) is 0 Å². The van der Waals surface area contributed by atoms with Crippen molar-refractivity contribution in [2.45, 2.75) is 198 Å². The first-order valence-corrected chi connectivity index (χ1v) is 24.3. The molecule has 68 heavy (non-hydrogen) atoms. The number of allylic oxidation sites excluding steroid dienone is 2. The fraction of sp³-hybridized carbons (Fsp3) is 0.896. The second-order valence-corrected chi connectivity index (χ2v) is 22.9. The Labute approximate surface area is 395 Å². The summed E-state index contributed by atoms with van der Waals surface area (Å²) in [5.74, 6) is -2.82. The Morgan fingerprint density at radius 1 is 0.706 bits per heavy atom. The summed E-state index contributed by atoms with van der Waals surface area (Å²) in [6.07, 6.45) is -16.3. The van der Waals surface area contributed by atoms with Gasteiger partial charge in [0.1, 0.15) is 61.0 Å². The zero-order chi connectivity index (χ0) is 49.8. The number of carboxylic acid groups (broad SMARTS) is 1. The van der Waals surface area contributed by atoms with Gasteiger partial charge in [-0.2, -0.15) is 0 Å². The first kappa shape index (κ1) is 51.9. The summed E-state index contributed by atoms with van der Waals surface area (Å²) in [4.78, 5) is 40.6. The number of carboxylic acids is 1. The van der Waals surface area contributed by atoms with E-state index in [-0.39, 0.29) is 35.1 Å². The van der Waals surface area contributed by atoms with Crippen LogP contribution in [0.4, 0.5) is 0 Å². The van der Waals surface area contributed by atoms with Gasteiger partial charge >= 0.3 is 17.9 Å². The number of aliphatic carboxylic acids is 1. The first-order valence-electron chi connectivity index (χ1n) is 24.3. The molecule has 0 unspecified atom stereocenters. The molecule has 10 N–H and O–H groups in total. The molecule has 20 nitrogen and oxygen atoms in total. The molecule has 8 rings (SSSR count). The van der Waals surface area contributed by atoms with E-state index in [2.05, 4.69) is 40.7 Å². The summed E-state index contributed by atoms with van der Waals surface area (Å²) in [6, 6.07) is 0. The first-order chi connectivity index (χ1) is 31.8. The summed E-state index contributed by atoms with van der Waals surface area (Å²) in [7, 11) is 1.35. The highest BCUT2D eigenvalue weighted by atomic mass is 16.7. The Balaban J connectivity index is 1.05. The molecule has 3 aliphatic heterocycles. The summed E-state index contributed by atoms with van der Waals surface area (Å²) >= 11 is 0. The lowest BCUT2D eigenvalue weighted by Crippen LogP contribution is -2.67. The Kier molecular flexibility index (Phi) is 13.9. The van der Waals surface area contributed by atoms with Crippen LogP contribution in [0.5, 0.6) is 0 Å². The highest BCUT2D eigenvalue weighted by Gasteiger charge is 2.71. The summed E-state index contributed by atoms with van der Waals surface area (Å²) < 4.78 is 40.3. The minimum absolute atomic E-state index is 0.0613. The van der Waals surface area contributed by atoms with Crippen LogP contribution in [0.1, 0.15) is 106 Å². The molecular weight excluding hydrogens is 897 g/mol. The van der Waals surface area contributed by atoms with Crippen molar-refractivity contribution < 1.29 is 98.6 Å². The Morgan fingerprint density at radius 3 is 2.04 bits per heavy atom. The molecule has 0 aromatic rings. The van der Waals surface area contributed by atoms with E-state index in [4.69, 9.17) is 33.2 Å². The number of methoxy groups -OCH3 is 1. The lowest BCUT2D eigenvalue weighted by molar-refractivity contribution is -0.357. The lowest BCUT2D eigenvalue weighted by Gasteiger charge is -2.71. The minimum Gasteiger partial charge on any atom is -0.479 e. The van der Waals surface area contributed by atoms with Crippen molar-refractivity contribution in [2.75, 3.05) is 20.3 Å². The Hall–Kier alpha value is -2.41. The third-order valence-electron chi connectivity index (χ3n) is 19.3. The Morgan fingerprint density at radius 2 is 1.38 bits per heavy atom. The highest BCUT2D eigenvalue weighted by Crippen LogP contribution is 2.76. The van der Waals surface area contributed by atoms with Gasteiger partial charge in [-0.1, -0.05) is 46.3 Å². The van der Waals surface area contributed by atoms with E-state index >= 15 is 0 Å². The molecule has 0 bridgehead atoms. The van der Waals surface area contributed by atoms with Gasteiger partial charge in [0.2, 0.25) is 6.29 Å². The quantitative estimate of drug-likeness (QED) is 0.0828. The zero-order valence-electron chi connectivity index (χ0n) is 40.0. The monoisotopic (exact) mass is 970 g/mol. The van der Waals surface area contributed by atoms with Crippen LogP contribution < -0.4 is 0 Å². The van der Waals surface area contributed by atoms with Crippen molar-refractivity contribution in [1.82, 2.24) is 0 Å². The van der Waals surface area contributed by atoms with Crippen molar-refractivity contribution in [1.29, 1.82) is 0 Å². The number of carbonyl (C=O) groups excluding carboxylic acids is 2. The van der Waals surface area contributed by atoms with E-state index in [9.17, 15) is 65.4 Å². The molecule has 20 heteroatoms. The molecule has 0 amide bonds. The van der Waals surface area contributed by atoms with Crippen LogP contribution in [0.2, 0.25) is 0 Å². The molecule has 0 aromatic carbocycles. The van der Waals surface area contributed by atoms with Gasteiger partial charge in [0.05, 0.1) is 37.3 Å². The maximum Gasteiger partial charge on any atom is 0.335 e. The number of hydrogen-bond acceptors (Lipinski definition) is 19. The molecule has 3 heterocycles. The molecule has 0 spiro atoms. The number of rotatable bonds is 9.